The Morgan fingerprint density at radius 2 is 1.90 bits per heavy atom. The van der Waals surface area contributed by atoms with Crippen LogP contribution >= 0.6 is 0 Å². The number of esters is 1. The molecule has 1 N–H and O–H groups in total. The SMILES string of the molecule is COc1cc(/C=C(/C#N)C(=O)Nc2cccc(C)c2C)ccc1OCC(=O)OC(C)C. The number of hydrogen-bond donors (Lipinski definition) is 1. The monoisotopic (exact) mass is 422 g/mol. The Morgan fingerprint density at radius 1 is 1.16 bits per heavy atom. The molecule has 0 bridgehead atoms. The highest BCUT2D eigenvalue weighted by Crippen LogP contribution is 2.29. The standard InChI is InChI=1S/C24H26N2O5/c1-15(2)31-23(27)14-30-21-10-9-18(12-22(21)29-5)11-19(13-25)24(28)26-20-8-6-7-16(3)17(20)4/h6-12,15H,14H2,1-5H3,(H,26,28)/b19-11-. The minimum Gasteiger partial charge on any atom is -0.493 e. The number of carbonyl (C=O) groups excluding carboxylic acids is 2. The third kappa shape index (κ3) is 6.61. The Bertz CT molecular complexity index is 1030. The molecule has 0 atom stereocenters. The smallest absolute Gasteiger partial charge is 0.344 e. The third-order valence-corrected chi connectivity index (χ3v) is 4.43. The van der Waals surface area contributed by atoms with E-state index in [2.05, 4.69) is 5.32 Å². The lowest BCUT2D eigenvalue weighted by molar-refractivity contribution is -0.149. The maximum Gasteiger partial charge on any atom is 0.344 e. The fraction of sp³-hybridized carbons (Fsp3) is 0.292. The normalized spacial score (nSPS) is 10.9. The fourth-order valence-corrected chi connectivity index (χ4v) is 2.72. The molecule has 7 nitrogen and oxygen atoms in total. The Morgan fingerprint density at radius 3 is 2.55 bits per heavy atom. The number of ether oxygens (including phenoxy) is 3. The van der Waals surface area contributed by atoms with Crippen molar-refractivity contribution in [2.45, 2.75) is 33.8 Å². The lowest BCUT2D eigenvalue weighted by Gasteiger charge is -2.12. The van der Waals surface area contributed by atoms with Crippen molar-refractivity contribution in [2.24, 2.45) is 0 Å². The molecule has 0 saturated carbocycles. The maximum atomic E-state index is 12.6. The van der Waals surface area contributed by atoms with Crippen molar-refractivity contribution >= 4 is 23.6 Å². The van der Waals surface area contributed by atoms with E-state index < -0.39 is 11.9 Å². The summed E-state index contributed by atoms with van der Waals surface area (Å²) in [5, 5.41) is 12.2. The van der Waals surface area contributed by atoms with Gasteiger partial charge in [0.15, 0.2) is 18.1 Å². The highest BCUT2D eigenvalue weighted by molar-refractivity contribution is 6.10. The molecule has 0 aromatic heterocycles. The Kier molecular flexibility index (Phi) is 8.21. The molecule has 0 saturated heterocycles. The number of anilines is 1. The van der Waals surface area contributed by atoms with Crippen LogP contribution in [0, 0.1) is 25.2 Å². The second kappa shape index (κ2) is 10.8. The molecular formula is C24H26N2O5. The van der Waals surface area contributed by atoms with Crippen molar-refractivity contribution in [1.82, 2.24) is 0 Å². The Balaban J connectivity index is 2.18. The van der Waals surface area contributed by atoms with E-state index in [1.54, 1.807) is 38.1 Å². The highest BCUT2D eigenvalue weighted by Gasteiger charge is 2.14. The summed E-state index contributed by atoms with van der Waals surface area (Å²) in [6.45, 7) is 7.10. The van der Waals surface area contributed by atoms with E-state index in [-0.39, 0.29) is 18.3 Å². The van der Waals surface area contributed by atoms with E-state index in [1.807, 2.05) is 32.0 Å². The summed E-state index contributed by atoms with van der Waals surface area (Å²) in [6.07, 6.45) is 1.23. The van der Waals surface area contributed by atoms with Gasteiger partial charge in [0, 0.05) is 5.69 Å². The molecule has 0 aliphatic carbocycles. The second-order valence-electron chi connectivity index (χ2n) is 7.11. The summed E-state index contributed by atoms with van der Waals surface area (Å²) >= 11 is 0. The van der Waals surface area contributed by atoms with Crippen molar-refractivity contribution in [3.63, 3.8) is 0 Å². The highest BCUT2D eigenvalue weighted by atomic mass is 16.6. The van der Waals surface area contributed by atoms with Crippen molar-refractivity contribution in [2.75, 3.05) is 19.0 Å². The summed E-state index contributed by atoms with van der Waals surface area (Å²) < 4.78 is 15.8. The number of benzene rings is 2. The number of carbonyl (C=O) groups is 2. The van der Waals surface area contributed by atoms with Crippen molar-refractivity contribution in [1.29, 1.82) is 5.26 Å². The topological polar surface area (TPSA) is 97.6 Å². The van der Waals surface area contributed by atoms with Gasteiger partial charge in [0.1, 0.15) is 11.6 Å². The molecule has 162 valence electrons. The number of nitrogens with one attached hydrogen (secondary N) is 1. The maximum absolute atomic E-state index is 12.6. The van der Waals surface area contributed by atoms with Crippen LogP contribution in [0.25, 0.3) is 6.08 Å². The molecule has 0 unspecified atom stereocenters. The minimum atomic E-state index is -0.507. The van der Waals surface area contributed by atoms with Gasteiger partial charge in [0.05, 0.1) is 13.2 Å². The van der Waals surface area contributed by atoms with Gasteiger partial charge in [-0.2, -0.15) is 5.26 Å². The van der Waals surface area contributed by atoms with Gasteiger partial charge in [-0.1, -0.05) is 18.2 Å². The molecule has 0 aliphatic heterocycles. The lowest BCUT2D eigenvalue weighted by Crippen LogP contribution is -2.18. The summed E-state index contributed by atoms with van der Waals surface area (Å²) in [7, 11) is 1.46. The van der Waals surface area contributed by atoms with E-state index in [1.165, 1.54) is 13.2 Å². The van der Waals surface area contributed by atoms with Crippen LogP contribution in [0.5, 0.6) is 11.5 Å². The van der Waals surface area contributed by atoms with Gasteiger partial charge in [-0.25, -0.2) is 4.79 Å². The number of rotatable bonds is 8. The van der Waals surface area contributed by atoms with Gasteiger partial charge < -0.3 is 19.5 Å². The van der Waals surface area contributed by atoms with Crippen LogP contribution in [-0.2, 0) is 14.3 Å². The van der Waals surface area contributed by atoms with Crippen LogP contribution in [0.1, 0.15) is 30.5 Å². The van der Waals surface area contributed by atoms with Crippen LogP contribution in [0.2, 0.25) is 0 Å². The molecule has 0 heterocycles. The second-order valence-corrected chi connectivity index (χ2v) is 7.11. The number of methoxy groups -OCH3 is 1. The van der Waals surface area contributed by atoms with Crippen molar-refractivity contribution in [3.05, 3.63) is 58.7 Å². The summed E-state index contributed by atoms with van der Waals surface area (Å²) in [6, 6.07) is 12.4. The predicted octanol–water partition coefficient (Wildman–Crippen LogP) is 4.19. The van der Waals surface area contributed by atoms with Gasteiger partial charge in [-0.3, -0.25) is 4.79 Å². The Hall–Kier alpha value is -3.79. The van der Waals surface area contributed by atoms with Crippen LogP contribution in [0.4, 0.5) is 5.69 Å². The predicted molar refractivity (Wildman–Crippen MR) is 118 cm³/mol. The minimum absolute atomic E-state index is 0.0582. The number of nitrogens with zero attached hydrogens (tertiary/aromatic N) is 1. The van der Waals surface area contributed by atoms with Crippen LogP contribution in [-0.4, -0.2) is 31.7 Å². The summed E-state index contributed by atoms with van der Waals surface area (Å²) in [4.78, 5) is 24.3. The first-order valence-electron chi connectivity index (χ1n) is 9.74. The first kappa shape index (κ1) is 23.5. The molecule has 1 amide bonds. The molecule has 7 heteroatoms. The summed E-state index contributed by atoms with van der Waals surface area (Å²) in [5.74, 6) is -0.292. The molecule has 0 aliphatic rings. The van der Waals surface area contributed by atoms with Crippen LogP contribution < -0.4 is 14.8 Å². The molecule has 0 radical (unpaired) electrons. The average molecular weight is 422 g/mol. The fourth-order valence-electron chi connectivity index (χ4n) is 2.72. The number of aryl methyl sites for hydroxylation is 1. The largest absolute Gasteiger partial charge is 0.493 e. The first-order chi connectivity index (χ1) is 14.7. The van der Waals surface area contributed by atoms with Gasteiger partial charge in [-0.15, -0.1) is 0 Å². The average Bonchev–Trinajstić information content (AvgIpc) is 2.73. The van der Waals surface area contributed by atoms with E-state index >= 15 is 0 Å². The number of amides is 1. The van der Waals surface area contributed by atoms with Gasteiger partial charge in [0.2, 0.25) is 0 Å². The first-order valence-corrected chi connectivity index (χ1v) is 9.74. The zero-order valence-electron chi connectivity index (χ0n) is 18.3. The molecule has 2 rings (SSSR count). The molecule has 2 aromatic rings. The Labute approximate surface area is 182 Å². The number of nitriles is 1. The quantitative estimate of drug-likeness (QED) is 0.389. The molecule has 0 spiro atoms. The van der Waals surface area contributed by atoms with Crippen molar-refractivity contribution < 1.29 is 23.8 Å². The zero-order valence-corrected chi connectivity index (χ0v) is 18.3. The van der Waals surface area contributed by atoms with Gasteiger partial charge >= 0.3 is 5.97 Å². The van der Waals surface area contributed by atoms with Crippen LogP contribution in [0.3, 0.4) is 0 Å². The third-order valence-electron chi connectivity index (χ3n) is 4.43. The molecule has 31 heavy (non-hydrogen) atoms. The van der Waals surface area contributed by atoms with E-state index in [0.29, 0.717) is 22.7 Å². The molecular weight excluding hydrogens is 396 g/mol. The van der Waals surface area contributed by atoms with E-state index in [9.17, 15) is 14.9 Å². The van der Waals surface area contributed by atoms with Gasteiger partial charge in [0.25, 0.3) is 5.91 Å². The van der Waals surface area contributed by atoms with Crippen LogP contribution in [0.15, 0.2) is 42.0 Å². The zero-order chi connectivity index (χ0) is 23.0. The molecule has 0 fully saturated rings. The van der Waals surface area contributed by atoms with E-state index in [0.717, 1.165) is 11.1 Å². The lowest BCUT2D eigenvalue weighted by atomic mass is 10.1. The molecule has 2 aromatic carbocycles. The van der Waals surface area contributed by atoms with E-state index in [4.69, 9.17) is 14.2 Å². The number of hydrogen-bond acceptors (Lipinski definition) is 6. The summed E-state index contributed by atoms with van der Waals surface area (Å²) in [5.41, 5.74) is 3.14. The van der Waals surface area contributed by atoms with Gasteiger partial charge in [-0.05, 0) is 68.7 Å². The van der Waals surface area contributed by atoms with Crippen molar-refractivity contribution in [3.8, 4) is 17.6 Å².